The highest BCUT2D eigenvalue weighted by molar-refractivity contribution is 7.98. The minimum absolute atomic E-state index is 0.169. The molecule has 1 rings (SSSR count). The van der Waals surface area contributed by atoms with E-state index in [2.05, 4.69) is 16.0 Å². The number of halogens is 1. The Bertz CT molecular complexity index is 514. The standard InChI is InChI=1S/C16H24ClN3O2S/c1-3-18-9-10-19-16(22)14(8-11-23-2)20-15(21)12-6-4-5-7-13(12)17/h4-7,14,18H,3,8-11H2,1-2H3,(H,19,22)(H,20,21). The number of carbonyl (C=O) groups is 2. The second kappa shape index (κ2) is 11.3. The summed E-state index contributed by atoms with van der Waals surface area (Å²) in [4.78, 5) is 24.6. The van der Waals surface area contributed by atoms with E-state index in [4.69, 9.17) is 11.6 Å². The highest BCUT2D eigenvalue weighted by atomic mass is 35.5. The highest BCUT2D eigenvalue weighted by Gasteiger charge is 2.21. The van der Waals surface area contributed by atoms with E-state index in [-0.39, 0.29) is 11.8 Å². The molecule has 0 aliphatic carbocycles. The molecule has 2 amide bonds. The van der Waals surface area contributed by atoms with E-state index in [0.717, 1.165) is 12.3 Å². The lowest BCUT2D eigenvalue weighted by molar-refractivity contribution is -0.122. The predicted molar refractivity (Wildman–Crippen MR) is 97.3 cm³/mol. The molecule has 0 saturated carbocycles. The van der Waals surface area contributed by atoms with Gasteiger partial charge in [-0.15, -0.1) is 0 Å². The molecule has 0 aromatic heterocycles. The van der Waals surface area contributed by atoms with E-state index < -0.39 is 6.04 Å². The fourth-order valence-corrected chi connectivity index (χ4v) is 2.65. The van der Waals surface area contributed by atoms with Crippen LogP contribution in [0.1, 0.15) is 23.7 Å². The van der Waals surface area contributed by atoms with Gasteiger partial charge in [-0.05, 0) is 37.1 Å². The number of hydrogen-bond donors (Lipinski definition) is 3. The number of rotatable bonds is 10. The maximum Gasteiger partial charge on any atom is 0.253 e. The van der Waals surface area contributed by atoms with Gasteiger partial charge in [-0.25, -0.2) is 0 Å². The van der Waals surface area contributed by atoms with E-state index in [0.29, 0.717) is 30.1 Å². The van der Waals surface area contributed by atoms with Crippen molar-refractivity contribution in [2.75, 3.05) is 31.6 Å². The summed E-state index contributed by atoms with van der Waals surface area (Å²) in [6.45, 7) is 4.10. The number of benzene rings is 1. The summed E-state index contributed by atoms with van der Waals surface area (Å²) in [5.41, 5.74) is 0.378. The zero-order valence-corrected chi connectivity index (χ0v) is 15.1. The van der Waals surface area contributed by atoms with E-state index in [1.54, 1.807) is 36.0 Å². The molecule has 128 valence electrons. The SMILES string of the molecule is CCNCCNC(=O)C(CCSC)NC(=O)c1ccccc1Cl. The molecule has 0 heterocycles. The lowest BCUT2D eigenvalue weighted by Gasteiger charge is -2.18. The van der Waals surface area contributed by atoms with Crippen LogP contribution in [0.25, 0.3) is 0 Å². The van der Waals surface area contributed by atoms with Crippen molar-refractivity contribution in [3.05, 3.63) is 34.9 Å². The van der Waals surface area contributed by atoms with Gasteiger partial charge in [0.25, 0.3) is 5.91 Å². The fraction of sp³-hybridized carbons (Fsp3) is 0.500. The third-order valence-electron chi connectivity index (χ3n) is 3.20. The lowest BCUT2D eigenvalue weighted by atomic mass is 10.1. The quantitative estimate of drug-likeness (QED) is 0.559. The molecule has 0 aliphatic heterocycles. The smallest absolute Gasteiger partial charge is 0.253 e. The van der Waals surface area contributed by atoms with Crippen molar-refractivity contribution in [2.45, 2.75) is 19.4 Å². The van der Waals surface area contributed by atoms with Gasteiger partial charge >= 0.3 is 0 Å². The summed E-state index contributed by atoms with van der Waals surface area (Å²) in [7, 11) is 0. The summed E-state index contributed by atoms with van der Waals surface area (Å²) in [6.07, 6.45) is 2.54. The van der Waals surface area contributed by atoms with Crippen molar-refractivity contribution in [3.8, 4) is 0 Å². The molecule has 0 radical (unpaired) electrons. The minimum Gasteiger partial charge on any atom is -0.353 e. The van der Waals surface area contributed by atoms with Crippen molar-refractivity contribution in [2.24, 2.45) is 0 Å². The Morgan fingerprint density at radius 3 is 2.65 bits per heavy atom. The zero-order valence-electron chi connectivity index (χ0n) is 13.5. The minimum atomic E-state index is -0.562. The highest BCUT2D eigenvalue weighted by Crippen LogP contribution is 2.15. The van der Waals surface area contributed by atoms with Gasteiger partial charge in [0, 0.05) is 13.1 Å². The summed E-state index contributed by atoms with van der Waals surface area (Å²) in [5, 5.41) is 9.13. The van der Waals surface area contributed by atoms with Gasteiger partial charge in [-0.3, -0.25) is 9.59 Å². The Balaban J connectivity index is 2.64. The van der Waals surface area contributed by atoms with Gasteiger partial charge in [0.15, 0.2) is 0 Å². The van der Waals surface area contributed by atoms with Gasteiger partial charge in [0.05, 0.1) is 10.6 Å². The molecule has 1 aromatic rings. The normalized spacial score (nSPS) is 11.8. The first-order valence-electron chi connectivity index (χ1n) is 7.62. The molecule has 5 nitrogen and oxygen atoms in total. The predicted octanol–water partition coefficient (Wildman–Crippen LogP) is 1.92. The Morgan fingerprint density at radius 2 is 2.00 bits per heavy atom. The van der Waals surface area contributed by atoms with Crippen molar-refractivity contribution < 1.29 is 9.59 Å². The average Bonchev–Trinajstić information content (AvgIpc) is 2.55. The lowest BCUT2D eigenvalue weighted by Crippen LogP contribution is -2.48. The van der Waals surface area contributed by atoms with E-state index >= 15 is 0 Å². The largest absolute Gasteiger partial charge is 0.353 e. The van der Waals surface area contributed by atoms with E-state index in [1.165, 1.54) is 0 Å². The Morgan fingerprint density at radius 1 is 1.26 bits per heavy atom. The second-order valence-corrected chi connectivity index (χ2v) is 6.32. The molecule has 0 fully saturated rings. The van der Waals surface area contributed by atoms with Gasteiger partial charge < -0.3 is 16.0 Å². The molecule has 0 bridgehead atoms. The van der Waals surface area contributed by atoms with Crippen LogP contribution in [0.4, 0.5) is 0 Å². The van der Waals surface area contributed by atoms with Crippen LogP contribution < -0.4 is 16.0 Å². The van der Waals surface area contributed by atoms with Crippen LogP contribution in [0.3, 0.4) is 0 Å². The maximum absolute atomic E-state index is 12.3. The van der Waals surface area contributed by atoms with Crippen LogP contribution in [-0.2, 0) is 4.79 Å². The third-order valence-corrected chi connectivity index (χ3v) is 4.18. The third kappa shape index (κ3) is 7.24. The molecule has 1 unspecified atom stereocenters. The summed E-state index contributed by atoms with van der Waals surface area (Å²) in [5.74, 6) is 0.287. The fourth-order valence-electron chi connectivity index (χ4n) is 1.96. The van der Waals surface area contributed by atoms with Crippen molar-refractivity contribution in [3.63, 3.8) is 0 Å². The Labute approximate surface area is 146 Å². The second-order valence-electron chi connectivity index (χ2n) is 4.93. The number of hydrogen-bond acceptors (Lipinski definition) is 4. The van der Waals surface area contributed by atoms with Gasteiger partial charge in [-0.2, -0.15) is 11.8 Å². The molecule has 0 spiro atoms. The van der Waals surface area contributed by atoms with Crippen molar-refractivity contribution in [1.82, 2.24) is 16.0 Å². The molecule has 7 heteroatoms. The summed E-state index contributed by atoms with van der Waals surface area (Å²) in [6, 6.07) is 6.25. The number of thioether (sulfide) groups is 1. The van der Waals surface area contributed by atoms with Crippen LogP contribution in [0, 0.1) is 0 Å². The summed E-state index contributed by atoms with van der Waals surface area (Å²) < 4.78 is 0. The Kier molecular flexibility index (Phi) is 9.75. The van der Waals surface area contributed by atoms with Crippen LogP contribution >= 0.6 is 23.4 Å². The van der Waals surface area contributed by atoms with Crippen LogP contribution in [0.5, 0.6) is 0 Å². The first-order chi connectivity index (χ1) is 11.1. The number of carbonyl (C=O) groups excluding carboxylic acids is 2. The van der Waals surface area contributed by atoms with E-state index in [1.807, 2.05) is 13.2 Å². The first-order valence-corrected chi connectivity index (χ1v) is 9.40. The van der Waals surface area contributed by atoms with Crippen LogP contribution in [0.2, 0.25) is 5.02 Å². The molecular weight excluding hydrogens is 334 g/mol. The number of nitrogens with one attached hydrogen (secondary N) is 3. The average molecular weight is 358 g/mol. The summed E-state index contributed by atoms with van der Waals surface area (Å²) >= 11 is 7.67. The molecule has 1 aromatic carbocycles. The van der Waals surface area contributed by atoms with Crippen molar-refractivity contribution >= 4 is 35.2 Å². The number of amides is 2. The molecule has 23 heavy (non-hydrogen) atoms. The molecular formula is C16H24ClN3O2S. The van der Waals surface area contributed by atoms with E-state index in [9.17, 15) is 9.59 Å². The molecule has 1 atom stereocenters. The molecule has 3 N–H and O–H groups in total. The monoisotopic (exact) mass is 357 g/mol. The maximum atomic E-state index is 12.3. The first kappa shape index (κ1) is 19.8. The molecule has 0 aliphatic rings. The topological polar surface area (TPSA) is 70.2 Å². The van der Waals surface area contributed by atoms with Gasteiger partial charge in [0.2, 0.25) is 5.91 Å². The van der Waals surface area contributed by atoms with Gasteiger partial charge in [-0.1, -0.05) is 30.7 Å². The van der Waals surface area contributed by atoms with Gasteiger partial charge in [0.1, 0.15) is 6.04 Å². The number of likely N-dealkylation sites (N-methyl/N-ethyl adjacent to an activating group) is 1. The zero-order chi connectivity index (χ0) is 17.1. The van der Waals surface area contributed by atoms with Crippen molar-refractivity contribution in [1.29, 1.82) is 0 Å². The molecule has 0 saturated heterocycles. The Hall–Kier alpha value is -1.24. The van der Waals surface area contributed by atoms with Crippen LogP contribution in [0.15, 0.2) is 24.3 Å². The van der Waals surface area contributed by atoms with Crippen LogP contribution in [-0.4, -0.2) is 49.5 Å².